The first-order valence-corrected chi connectivity index (χ1v) is 8.91. The van der Waals surface area contributed by atoms with Crippen molar-refractivity contribution in [2.75, 3.05) is 26.2 Å². The van der Waals surface area contributed by atoms with Crippen LogP contribution in [-0.2, 0) is 4.79 Å². The maximum absolute atomic E-state index is 12.2. The van der Waals surface area contributed by atoms with Gasteiger partial charge < -0.3 is 15.4 Å². The molecule has 1 saturated heterocycles. The number of benzene rings is 1. The third kappa shape index (κ3) is 3.87. The van der Waals surface area contributed by atoms with Gasteiger partial charge in [-0.3, -0.25) is 4.79 Å². The Morgan fingerprint density at radius 1 is 1.26 bits per heavy atom. The van der Waals surface area contributed by atoms with E-state index in [1.54, 1.807) is 12.1 Å². The Hall–Kier alpha value is -0.680. The predicted molar refractivity (Wildman–Crippen MR) is 92.6 cm³/mol. The van der Waals surface area contributed by atoms with E-state index in [0.717, 1.165) is 32.4 Å². The van der Waals surface area contributed by atoms with E-state index in [1.165, 1.54) is 0 Å². The summed E-state index contributed by atoms with van der Waals surface area (Å²) in [6.45, 7) is 2.77. The zero-order valence-corrected chi connectivity index (χ0v) is 14.9. The Kier molecular flexibility index (Phi) is 5.26. The van der Waals surface area contributed by atoms with Crippen LogP contribution in [0, 0.1) is 11.3 Å². The summed E-state index contributed by atoms with van der Waals surface area (Å²) in [6, 6.07) is 3.15. The molecule has 2 fully saturated rings. The number of halogens is 3. The van der Waals surface area contributed by atoms with Crippen molar-refractivity contribution < 1.29 is 9.53 Å². The van der Waals surface area contributed by atoms with Crippen LogP contribution >= 0.6 is 34.8 Å². The van der Waals surface area contributed by atoms with Crippen molar-refractivity contribution in [3.63, 3.8) is 0 Å². The van der Waals surface area contributed by atoms with E-state index in [0.29, 0.717) is 34.0 Å². The van der Waals surface area contributed by atoms with Gasteiger partial charge in [0, 0.05) is 10.9 Å². The van der Waals surface area contributed by atoms with Gasteiger partial charge in [-0.15, -0.1) is 0 Å². The molecule has 7 heteroatoms. The zero-order valence-electron chi connectivity index (χ0n) is 12.6. The second-order valence-corrected chi connectivity index (χ2v) is 7.46. The Bertz CT molecular complexity index is 580. The summed E-state index contributed by atoms with van der Waals surface area (Å²) >= 11 is 17.9. The van der Waals surface area contributed by atoms with Gasteiger partial charge in [0.25, 0.3) is 0 Å². The smallest absolute Gasteiger partial charge is 0.223 e. The average Bonchev–Trinajstić information content (AvgIpc) is 3.19. The zero-order chi connectivity index (χ0) is 16.4. The Balaban J connectivity index is 1.43. The van der Waals surface area contributed by atoms with Crippen LogP contribution in [0.15, 0.2) is 12.1 Å². The molecule has 1 aliphatic heterocycles. The van der Waals surface area contributed by atoms with Gasteiger partial charge >= 0.3 is 0 Å². The lowest BCUT2D eigenvalue weighted by molar-refractivity contribution is -0.123. The first-order chi connectivity index (χ1) is 11.0. The Morgan fingerprint density at radius 3 is 2.57 bits per heavy atom. The maximum Gasteiger partial charge on any atom is 0.223 e. The van der Waals surface area contributed by atoms with Crippen molar-refractivity contribution in [1.29, 1.82) is 0 Å². The second kappa shape index (κ2) is 7.06. The number of carbonyl (C=O) groups excluding carboxylic acids is 1. The molecule has 1 unspecified atom stereocenters. The maximum atomic E-state index is 12.2. The fraction of sp³-hybridized carbons (Fsp3) is 0.562. The van der Waals surface area contributed by atoms with Gasteiger partial charge in [-0.05, 0) is 49.9 Å². The molecule has 1 aromatic rings. The molecule has 1 spiro atoms. The fourth-order valence-corrected chi connectivity index (χ4v) is 4.24. The van der Waals surface area contributed by atoms with Crippen molar-refractivity contribution in [3.05, 3.63) is 27.2 Å². The van der Waals surface area contributed by atoms with Gasteiger partial charge in [0.1, 0.15) is 6.61 Å². The standard InChI is InChI=1S/C16H19Cl3N2O2/c17-10-7-12(18)14(13(19)8-10)23-6-5-21-15(22)11-9-16(11)1-3-20-4-2-16/h7-8,11,20H,1-6,9H2,(H,21,22). The first kappa shape index (κ1) is 17.2. The monoisotopic (exact) mass is 376 g/mol. The summed E-state index contributed by atoms with van der Waals surface area (Å²) in [6.07, 6.45) is 3.20. The predicted octanol–water partition coefficient (Wildman–Crippen LogP) is 3.53. The van der Waals surface area contributed by atoms with Crippen molar-refractivity contribution in [2.45, 2.75) is 19.3 Å². The molecule has 0 radical (unpaired) electrons. The van der Waals surface area contributed by atoms with Crippen LogP contribution in [0.1, 0.15) is 19.3 Å². The molecule has 23 heavy (non-hydrogen) atoms. The SMILES string of the molecule is O=C(NCCOc1c(Cl)cc(Cl)cc1Cl)C1CC12CCNCC2. The van der Waals surface area contributed by atoms with Crippen LogP contribution in [0.2, 0.25) is 15.1 Å². The summed E-state index contributed by atoms with van der Waals surface area (Å²) in [5.74, 6) is 0.685. The number of amides is 1. The highest BCUT2D eigenvalue weighted by Gasteiger charge is 2.57. The molecule has 126 valence electrons. The van der Waals surface area contributed by atoms with Crippen molar-refractivity contribution >= 4 is 40.7 Å². The molecular formula is C16H19Cl3N2O2. The molecule has 4 nitrogen and oxygen atoms in total. The van der Waals surface area contributed by atoms with Crippen LogP contribution in [0.4, 0.5) is 0 Å². The van der Waals surface area contributed by atoms with Gasteiger partial charge in [-0.2, -0.15) is 0 Å². The van der Waals surface area contributed by atoms with E-state index >= 15 is 0 Å². The average molecular weight is 378 g/mol. The largest absolute Gasteiger partial charge is 0.489 e. The highest BCUT2D eigenvalue weighted by atomic mass is 35.5. The number of hydrogen-bond acceptors (Lipinski definition) is 3. The van der Waals surface area contributed by atoms with Crippen molar-refractivity contribution in [2.24, 2.45) is 11.3 Å². The fourth-order valence-electron chi connectivity index (χ4n) is 3.31. The molecule has 0 bridgehead atoms. The minimum atomic E-state index is 0.129. The number of rotatable bonds is 5. The molecule has 1 heterocycles. The second-order valence-electron chi connectivity index (χ2n) is 6.21. The Morgan fingerprint density at radius 2 is 1.91 bits per heavy atom. The molecule has 1 aliphatic carbocycles. The van der Waals surface area contributed by atoms with Crippen LogP contribution < -0.4 is 15.4 Å². The van der Waals surface area contributed by atoms with Gasteiger partial charge in [-0.1, -0.05) is 34.8 Å². The van der Waals surface area contributed by atoms with E-state index < -0.39 is 0 Å². The topological polar surface area (TPSA) is 50.4 Å². The third-order valence-corrected chi connectivity index (χ3v) is 5.50. The van der Waals surface area contributed by atoms with Gasteiger partial charge in [0.05, 0.1) is 16.6 Å². The van der Waals surface area contributed by atoms with Gasteiger partial charge in [-0.25, -0.2) is 0 Å². The van der Waals surface area contributed by atoms with Gasteiger partial charge in [0.15, 0.2) is 5.75 Å². The molecule has 3 rings (SSSR count). The van der Waals surface area contributed by atoms with Crippen LogP contribution in [0.3, 0.4) is 0 Å². The minimum absolute atomic E-state index is 0.129. The lowest BCUT2D eigenvalue weighted by Crippen LogP contribution is -2.35. The Labute approximate surface area is 150 Å². The number of carbonyl (C=O) groups is 1. The third-order valence-electron chi connectivity index (χ3n) is 4.72. The molecule has 2 N–H and O–H groups in total. The normalized spacial score (nSPS) is 22.0. The van der Waals surface area contributed by atoms with Gasteiger partial charge in [0.2, 0.25) is 5.91 Å². The number of hydrogen-bond donors (Lipinski definition) is 2. The lowest BCUT2D eigenvalue weighted by Gasteiger charge is -2.23. The lowest BCUT2D eigenvalue weighted by atomic mass is 9.92. The highest BCUT2D eigenvalue weighted by molar-refractivity contribution is 6.40. The molecule has 1 atom stereocenters. The van der Waals surface area contributed by atoms with E-state index in [1.807, 2.05) is 0 Å². The molecule has 2 aliphatic rings. The van der Waals surface area contributed by atoms with E-state index in [2.05, 4.69) is 10.6 Å². The molecule has 0 aromatic heterocycles. The molecular weight excluding hydrogens is 359 g/mol. The number of piperidine rings is 1. The molecule has 1 aromatic carbocycles. The summed E-state index contributed by atoms with van der Waals surface area (Å²) in [5.41, 5.74) is 0.249. The van der Waals surface area contributed by atoms with E-state index in [-0.39, 0.29) is 17.2 Å². The quantitative estimate of drug-likeness (QED) is 0.772. The number of nitrogens with one attached hydrogen (secondary N) is 2. The van der Waals surface area contributed by atoms with Crippen LogP contribution in [-0.4, -0.2) is 32.1 Å². The number of ether oxygens (including phenoxy) is 1. The van der Waals surface area contributed by atoms with E-state index in [9.17, 15) is 4.79 Å². The molecule has 1 saturated carbocycles. The summed E-state index contributed by atoms with van der Waals surface area (Å²) in [7, 11) is 0. The summed E-state index contributed by atoms with van der Waals surface area (Å²) < 4.78 is 5.56. The minimum Gasteiger partial charge on any atom is -0.489 e. The summed E-state index contributed by atoms with van der Waals surface area (Å²) in [4.78, 5) is 12.2. The summed E-state index contributed by atoms with van der Waals surface area (Å²) in [5, 5.41) is 7.47. The first-order valence-electron chi connectivity index (χ1n) is 7.78. The van der Waals surface area contributed by atoms with Crippen molar-refractivity contribution in [1.82, 2.24) is 10.6 Å². The van der Waals surface area contributed by atoms with Crippen molar-refractivity contribution in [3.8, 4) is 5.75 Å². The molecule has 1 amide bonds. The van der Waals surface area contributed by atoms with Crippen LogP contribution in [0.5, 0.6) is 5.75 Å². The van der Waals surface area contributed by atoms with E-state index in [4.69, 9.17) is 39.5 Å². The van der Waals surface area contributed by atoms with Crippen LogP contribution in [0.25, 0.3) is 0 Å². The highest BCUT2D eigenvalue weighted by Crippen LogP contribution is 2.58.